The molecule has 1 saturated carbocycles. The lowest BCUT2D eigenvalue weighted by atomic mass is 9.92. The molecule has 35 heavy (non-hydrogen) atoms. The predicted molar refractivity (Wildman–Crippen MR) is 124 cm³/mol. The highest BCUT2D eigenvalue weighted by atomic mass is 19.1. The van der Waals surface area contributed by atoms with Crippen LogP contribution in [0.15, 0.2) is 35.4 Å². The van der Waals surface area contributed by atoms with Crippen LogP contribution in [0, 0.1) is 18.6 Å². The molecule has 8 nitrogen and oxygen atoms in total. The Kier molecular flexibility index (Phi) is 5.21. The molecule has 0 radical (unpaired) electrons. The molecule has 0 N–H and O–H groups in total. The third-order valence-corrected chi connectivity index (χ3v) is 6.92. The molecule has 1 aliphatic heterocycles. The fourth-order valence-corrected chi connectivity index (χ4v) is 4.64. The smallest absolute Gasteiger partial charge is 0.279 e. The zero-order chi connectivity index (χ0) is 24.3. The van der Waals surface area contributed by atoms with Gasteiger partial charge in [0.15, 0.2) is 5.52 Å². The summed E-state index contributed by atoms with van der Waals surface area (Å²) in [6, 6.07) is 3.78. The van der Waals surface area contributed by atoms with E-state index in [-0.39, 0.29) is 39.9 Å². The zero-order valence-corrected chi connectivity index (χ0v) is 19.4. The van der Waals surface area contributed by atoms with Crippen LogP contribution in [0.4, 0.5) is 8.78 Å². The molecule has 1 saturated heterocycles. The van der Waals surface area contributed by atoms with Gasteiger partial charge >= 0.3 is 0 Å². The fourth-order valence-electron chi connectivity index (χ4n) is 4.64. The fraction of sp³-hybridized carbons (Fsp3) is 0.400. The van der Waals surface area contributed by atoms with Crippen LogP contribution in [0.1, 0.15) is 61.0 Å². The Bertz CT molecular complexity index is 1510. The minimum atomic E-state index is -0.770. The number of aromatic nitrogens is 6. The number of ether oxygens (including phenoxy) is 1. The first-order valence-corrected chi connectivity index (χ1v) is 11.8. The summed E-state index contributed by atoms with van der Waals surface area (Å²) in [6.45, 7) is 2.18. The van der Waals surface area contributed by atoms with Crippen molar-refractivity contribution in [2.45, 2.75) is 50.7 Å². The summed E-state index contributed by atoms with van der Waals surface area (Å²) in [5, 5.41) is 4.47. The standard InChI is InChI=1S/C25H24F2N6O2/c1-13-29-22-21(18-6-3-16(26)10-19(18)27)30-24(31-23(22)25(34)32(13)2)14-7-8-35-20(9-14)15-11-28-33(12-15)17-4-5-17/h3,6,10-12,14,17,20H,4-5,7-9H2,1-2H3/t14-,20+/m1/s1. The first-order chi connectivity index (χ1) is 16.9. The SMILES string of the molecule is Cc1nc2c(-c3ccc(F)cc3F)nc([C@@H]3CCO[C@H](c4cnn(C5CC5)c4)C3)nc2c(=O)n1C. The molecule has 2 fully saturated rings. The molecule has 180 valence electrons. The molecule has 2 aliphatic rings. The summed E-state index contributed by atoms with van der Waals surface area (Å²) in [5.74, 6) is -0.698. The van der Waals surface area contributed by atoms with Gasteiger partial charge in [-0.3, -0.25) is 14.0 Å². The van der Waals surface area contributed by atoms with Crippen molar-refractivity contribution in [3.8, 4) is 11.3 Å². The number of nitrogens with zero attached hydrogens (tertiary/aromatic N) is 6. The van der Waals surface area contributed by atoms with Crippen LogP contribution in [0.2, 0.25) is 0 Å². The lowest BCUT2D eigenvalue weighted by Crippen LogP contribution is -2.25. The van der Waals surface area contributed by atoms with E-state index in [4.69, 9.17) is 9.72 Å². The van der Waals surface area contributed by atoms with Crippen LogP contribution in [0.3, 0.4) is 0 Å². The first kappa shape index (κ1) is 22.0. The second kappa shape index (κ2) is 8.30. The summed E-state index contributed by atoms with van der Waals surface area (Å²) in [4.78, 5) is 26.9. The largest absolute Gasteiger partial charge is 0.373 e. The van der Waals surface area contributed by atoms with Crippen molar-refractivity contribution in [2.24, 2.45) is 7.05 Å². The molecular weight excluding hydrogens is 454 g/mol. The van der Waals surface area contributed by atoms with Gasteiger partial charge in [0.05, 0.1) is 18.3 Å². The number of aryl methyl sites for hydroxylation is 1. The molecule has 0 bridgehead atoms. The summed E-state index contributed by atoms with van der Waals surface area (Å²) in [6.07, 6.45) is 7.25. The molecule has 0 unspecified atom stereocenters. The number of hydrogen-bond donors (Lipinski definition) is 0. The van der Waals surface area contributed by atoms with E-state index in [1.165, 1.54) is 16.7 Å². The molecular formula is C25H24F2N6O2. The molecule has 6 rings (SSSR count). The van der Waals surface area contributed by atoms with Crippen molar-refractivity contribution < 1.29 is 13.5 Å². The Balaban J connectivity index is 1.45. The number of benzene rings is 1. The number of rotatable bonds is 4. The van der Waals surface area contributed by atoms with E-state index in [1.54, 1.807) is 14.0 Å². The van der Waals surface area contributed by atoms with Gasteiger partial charge in [-0.15, -0.1) is 0 Å². The van der Waals surface area contributed by atoms with Crippen molar-refractivity contribution in [3.63, 3.8) is 0 Å². The van der Waals surface area contributed by atoms with Crippen LogP contribution >= 0.6 is 0 Å². The predicted octanol–water partition coefficient (Wildman–Crippen LogP) is 4.14. The lowest BCUT2D eigenvalue weighted by Gasteiger charge is -2.28. The highest BCUT2D eigenvalue weighted by Gasteiger charge is 2.31. The average Bonchev–Trinajstić information content (AvgIpc) is 3.59. The summed E-state index contributed by atoms with van der Waals surface area (Å²) >= 11 is 0. The van der Waals surface area contributed by atoms with Gasteiger partial charge < -0.3 is 4.74 Å². The maximum atomic E-state index is 14.8. The molecule has 4 aromatic rings. The normalized spacial score (nSPS) is 20.5. The molecule has 0 amide bonds. The average molecular weight is 479 g/mol. The van der Waals surface area contributed by atoms with Gasteiger partial charge in [0.25, 0.3) is 5.56 Å². The molecule has 1 aromatic carbocycles. The highest BCUT2D eigenvalue weighted by molar-refractivity contribution is 5.88. The quantitative estimate of drug-likeness (QED) is 0.438. The van der Waals surface area contributed by atoms with Crippen molar-refractivity contribution in [1.82, 2.24) is 29.3 Å². The van der Waals surface area contributed by atoms with Crippen LogP contribution in [0.5, 0.6) is 0 Å². The highest BCUT2D eigenvalue weighted by Crippen LogP contribution is 2.39. The topological polar surface area (TPSA) is 87.7 Å². The second-order valence-corrected chi connectivity index (χ2v) is 9.34. The molecule has 3 aromatic heterocycles. The molecule has 0 spiro atoms. The van der Waals surface area contributed by atoms with Crippen LogP contribution < -0.4 is 5.56 Å². The third kappa shape index (κ3) is 3.91. The molecule has 10 heteroatoms. The van der Waals surface area contributed by atoms with E-state index in [0.29, 0.717) is 37.1 Å². The first-order valence-electron chi connectivity index (χ1n) is 11.8. The van der Waals surface area contributed by atoms with Gasteiger partial charge in [0, 0.05) is 43.0 Å². The Morgan fingerprint density at radius 2 is 1.91 bits per heavy atom. The van der Waals surface area contributed by atoms with Gasteiger partial charge in [-0.25, -0.2) is 23.7 Å². The number of halogens is 2. The van der Waals surface area contributed by atoms with Gasteiger partial charge in [-0.05, 0) is 44.7 Å². The summed E-state index contributed by atoms with van der Waals surface area (Å²) in [7, 11) is 1.62. The zero-order valence-electron chi connectivity index (χ0n) is 19.4. The Hall–Kier alpha value is -3.53. The maximum absolute atomic E-state index is 14.8. The Morgan fingerprint density at radius 1 is 1.09 bits per heavy atom. The number of fused-ring (bicyclic) bond motifs is 1. The van der Waals surface area contributed by atoms with E-state index < -0.39 is 11.6 Å². The van der Waals surface area contributed by atoms with E-state index in [0.717, 1.165) is 24.5 Å². The Morgan fingerprint density at radius 3 is 2.69 bits per heavy atom. The molecule has 4 heterocycles. The van der Waals surface area contributed by atoms with Crippen LogP contribution in [0.25, 0.3) is 22.3 Å². The van der Waals surface area contributed by atoms with Gasteiger partial charge in [0.2, 0.25) is 0 Å². The van der Waals surface area contributed by atoms with Crippen molar-refractivity contribution >= 4 is 11.0 Å². The second-order valence-electron chi connectivity index (χ2n) is 9.34. The summed E-state index contributed by atoms with van der Waals surface area (Å²) in [5.41, 5.74) is 1.25. The van der Waals surface area contributed by atoms with E-state index in [1.807, 2.05) is 17.1 Å². The molecule has 2 atom stereocenters. The van der Waals surface area contributed by atoms with E-state index in [9.17, 15) is 13.6 Å². The van der Waals surface area contributed by atoms with E-state index in [2.05, 4.69) is 15.1 Å². The van der Waals surface area contributed by atoms with Crippen LogP contribution in [-0.4, -0.2) is 35.9 Å². The van der Waals surface area contributed by atoms with Crippen molar-refractivity contribution in [3.05, 3.63) is 69.8 Å². The lowest BCUT2D eigenvalue weighted by molar-refractivity contribution is 0.00397. The third-order valence-electron chi connectivity index (χ3n) is 6.92. The van der Waals surface area contributed by atoms with Crippen LogP contribution in [-0.2, 0) is 11.8 Å². The van der Waals surface area contributed by atoms with Gasteiger partial charge in [-0.1, -0.05) is 0 Å². The number of hydrogen-bond acceptors (Lipinski definition) is 6. The van der Waals surface area contributed by atoms with Crippen molar-refractivity contribution in [2.75, 3.05) is 6.61 Å². The van der Waals surface area contributed by atoms with Crippen molar-refractivity contribution in [1.29, 1.82) is 0 Å². The minimum Gasteiger partial charge on any atom is -0.373 e. The van der Waals surface area contributed by atoms with Gasteiger partial charge in [0.1, 0.15) is 34.5 Å². The molecule has 1 aliphatic carbocycles. The minimum absolute atomic E-state index is 0.0783. The monoisotopic (exact) mass is 478 g/mol. The maximum Gasteiger partial charge on any atom is 0.279 e. The van der Waals surface area contributed by atoms with E-state index >= 15 is 0 Å². The van der Waals surface area contributed by atoms with Gasteiger partial charge in [-0.2, -0.15) is 5.10 Å². The summed E-state index contributed by atoms with van der Waals surface area (Å²) < 4.78 is 37.9. The Labute approximate surface area is 199 Å².